The fourth-order valence-electron chi connectivity index (χ4n) is 1.20. The summed E-state index contributed by atoms with van der Waals surface area (Å²) in [5, 5.41) is 16.1. The zero-order valence-electron chi connectivity index (χ0n) is 10.9. The third-order valence-electron chi connectivity index (χ3n) is 3.36. The first-order chi connectivity index (χ1) is 7.67. The number of aliphatic carboxylic acids is 1. The first-order valence-electron chi connectivity index (χ1n) is 5.44. The summed E-state index contributed by atoms with van der Waals surface area (Å²) in [6.07, 6.45) is 0. The lowest BCUT2D eigenvalue weighted by molar-refractivity contribution is -0.151. The molecule has 1 rings (SSSR count). The van der Waals surface area contributed by atoms with Crippen molar-refractivity contribution < 1.29 is 14.4 Å². The average Bonchev–Trinajstić information content (AvgIpc) is 2.61. The number of rotatable bonds is 5. The van der Waals surface area contributed by atoms with Gasteiger partial charge in [0, 0.05) is 12.5 Å². The van der Waals surface area contributed by atoms with E-state index in [9.17, 15) is 9.90 Å². The van der Waals surface area contributed by atoms with Crippen molar-refractivity contribution >= 4 is 5.97 Å². The van der Waals surface area contributed by atoms with Crippen LogP contribution in [-0.4, -0.2) is 26.8 Å². The number of hydrogen-bond acceptors (Lipinski definition) is 5. The minimum absolute atomic E-state index is 0.376. The van der Waals surface area contributed by atoms with Gasteiger partial charge in [-0.2, -0.15) is 4.98 Å². The van der Waals surface area contributed by atoms with Gasteiger partial charge in [0.1, 0.15) is 0 Å². The Morgan fingerprint density at radius 2 is 2.00 bits per heavy atom. The van der Waals surface area contributed by atoms with E-state index in [2.05, 4.69) is 15.5 Å². The van der Waals surface area contributed by atoms with Crippen LogP contribution in [0.25, 0.3) is 0 Å². The molecule has 0 radical (unpaired) electrons. The van der Waals surface area contributed by atoms with Gasteiger partial charge < -0.3 is 14.9 Å². The first-order valence-corrected chi connectivity index (χ1v) is 5.44. The molecule has 0 bridgehead atoms. The second kappa shape index (κ2) is 4.44. The molecule has 6 heteroatoms. The second-order valence-corrected chi connectivity index (χ2v) is 5.14. The molecule has 0 saturated carbocycles. The van der Waals surface area contributed by atoms with Crippen LogP contribution in [0.15, 0.2) is 4.52 Å². The van der Waals surface area contributed by atoms with Crippen LogP contribution in [-0.2, 0) is 11.3 Å². The van der Waals surface area contributed by atoms with Gasteiger partial charge in [-0.1, -0.05) is 5.16 Å². The van der Waals surface area contributed by atoms with Crippen LogP contribution in [0.5, 0.6) is 0 Å². The molecule has 0 unspecified atom stereocenters. The third kappa shape index (κ3) is 2.82. The highest BCUT2D eigenvalue weighted by Crippen LogP contribution is 2.30. The van der Waals surface area contributed by atoms with Crippen molar-refractivity contribution in [1.82, 2.24) is 15.5 Å². The largest absolute Gasteiger partial charge is 0.481 e. The van der Waals surface area contributed by atoms with Crippen molar-refractivity contribution in [3.8, 4) is 0 Å². The minimum atomic E-state index is -0.897. The summed E-state index contributed by atoms with van der Waals surface area (Å²) in [6, 6.07) is 0. The van der Waals surface area contributed by atoms with Crippen LogP contribution >= 0.6 is 0 Å². The van der Waals surface area contributed by atoms with E-state index in [-0.39, 0.29) is 0 Å². The van der Waals surface area contributed by atoms with Gasteiger partial charge >= 0.3 is 5.97 Å². The highest BCUT2D eigenvalue weighted by molar-refractivity contribution is 5.75. The SMILES string of the molecule is Cc1nc(CNC(C)(C)C(C)(C)C(=O)O)no1. The van der Waals surface area contributed by atoms with E-state index in [4.69, 9.17) is 4.52 Å². The van der Waals surface area contributed by atoms with Crippen molar-refractivity contribution in [3.05, 3.63) is 11.7 Å². The number of aryl methyl sites for hydroxylation is 1. The van der Waals surface area contributed by atoms with Crippen molar-refractivity contribution in [2.24, 2.45) is 5.41 Å². The Hall–Kier alpha value is -1.43. The number of carbonyl (C=O) groups is 1. The number of hydrogen-bond donors (Lipinski definition) is 2. The Bertz CT molecular complexity index is 410. The number of carboxylic acids is 1. The molecule has 17 heavy (non-hydrogen) atoms. The van der Waals surface area contributed by atoms with Crippen LogP contribution in [0, 0.1) is 12.3 Å². The monoisotopic (exact) mass is 241 g/mol. The van der Waals surface area contributed by atoms with Crippen LogP contribution in [0.3, 0.4) is 0 Å². The Labute approximate surface area is 100 Å². The zero-order chi connectivity index (χ0) is 13.3. The molecule has 0 amide bonds. The van der Waals surface area contributed by atoms with Gasteiger partial charge in [0.15, 0.2) is 5.82 Å². The van der Waals surface area contributed by atoms with Crippen LogP contribution in [0.2, 0.25) is 0 Å². The highest BCUT2D eigenvalue weighted by atomic mass is 16.5. The molecule has 0 aromatic carbocycles. The summed E-state index contributed by atoms with van der Waals surface area (Å²) in [4.78, 5) is 15.2. The van der Waals surface area contributed by atoms with Gasteiger partial charge in [-0.3, -0.25) is 4.79 Å². The number of carboxylic acid groups (broad SMARTS) is 1. The molecule has 0 aliphatic carbocycles. The van der Waals surface area contributed by atoms with Gasteiger partial charge in [-0.05, 0) is 27.7 Å². The average molecular weight is 241 g/mol. The van der Waals surface area contributed by atoms with E-state index < -0.39 is 16.9 Å². The summed E-state index contributed by atoms with van der Waals surface area (Å²) in [7, 11) is 0. The predicted octanol–water partition coefficient (Wildman–Crippen LogP) is 1.36. The van der Waals surface area contributed by atoms with Crippen LogP contribution in [0.4, 0.5) is 0 Å². The number of nitrogens with zero attached hydrogens (tertiary/aromatic N) is 2. The third-order valence-corrected chi connectivity index (χ3v) is 3.36. The maximum atomic E-state index is 11.2. The highest BCUT2D eigenvalue weighted by Gasteiger charge is 2.43. The maximum Gasteiger partial charge on any atom is 0.310 e. The molecular formula is C11H19N3O3. The number of nitrogens with one attached hydrogen (secondary N) is 1. The molecule has 1 aromatic rings. The van der Waals surface area contributed by atoms with E-state index in [0.29, 0.717) is 18.3 Å². The molecule has 96 valence electrons. The molecule has 6 nitrogen and oxygen atoms in total. The molecule has 0 fully saturated rings. The number of aromatic nitrogens is 2. The van der Waals surface area contributed by atoms with E-state index >= 15 is 0 Å². The molecule has 1 aromatic heterocycles. The molecule has 0 atom stereocenters. The van der Waals surface area contributed by atoms with E-state index in [1.54, 1.807) is 20.8 Å². The van der Waals surface area contributed by atoms with Crippen LogP contribution in [0.1, 0.15) is 39.4 Å². The Morgan fingerprint density at radius 1 is 1.41 bits per heavy atom. The fourth-order valence-corrected chi connectivity index (χ4v) is 1.20. The fraction of sp³-hybridized carbons (Fsp3) is 0.727. The summed E-state index contributed by atoms with van der Waals surface area (Å²) in [5.74, 6) is 0.174. The van der Waals surface area contributed by atoms with Crippen molar-refractivity contribution in [1.29, 1.82) is 0 Å². The lowest BCUT2D eigenvalue weighted by atomic mass is 9.74. The normalized spacial score (nSPS) is 12.8. The summed E-state index contributed by atoms with van der Waals surface area (Å²) < 4.78 is 4.85. The van der Waals surface area contributed by atoms with Gasteiger partial charge in [0.25, 0.3) is 0 Å². The van der Waals surface area contributed by atoms with Crippen molar-refractivity contribution in [2.75, 3.05) is 0 Å². The molecule has 0 saturated heterocycles. The summed E-state index contributed by atoms with van der Waals surface area (Å²) >= 11 is 0. The standard InChI is InChI=1S/C11H19N3O3/c1-7-13-8(14-17-7)6-12-11(4,5)10(2,3)9(15)16/h12H,6H2,1-5H3,(H,15,16). The molecule has 0 aliphatic rings. The summed E-state index contributed by atoms with van der Waals surface area (Å²) in [6.45, 7) is 9.14. The Morgan fingerprint density at radius 3 is 2.41 bits per heavy atom. The van der Waals surface area contributed by atoms with Gasteiger partial charge in [0.05, 0.1) is 12.0 Å². The Kier molecular flexibility index (Phi) is 3.56. The quantitative estimate of drug-likeness (QED) is 0.809. The Balaban J connectivity index is 2.70. The van der Waals surface area contributed by atoms with Crippen LogP contribution < -0.4 is 5.32 Å². The van der Waals surface area contributed by atoms with E-state index in [0.717, 1.165) is 0 Å². The van der Waals surface area contributed by atoms with Gasteiger partial charge in [-0.15, -0.1) is 0 Å². The molecular weight excluding hydrogens is 222 g/mol. The lowest BCUT2D eigenvalue weighted by Gasteiger charge is -2.38. The molecule has 2 N–H and O–H groups in total. The maximum absolute atomic E-state index is 11.2. The van der Waals surface area contributed by atoms with Gasteiger partial charge in [-0.25, -0.2) is 0 Å². The first kappa shape index (κ1) is 13.6. The predicted molar refractivity (Wildman–Crippen MR) is 61.4 cm³/mol. The second-order valence-electron chi connectivity index (χ2n) is 5.14. The smallest absolute Gasteiger partial charge is 0.310 e. The zero-order valence-corrected chi connectivity index (χ0v) is 10.9. The van der Waals surface area contributed by atoms with E-state index in [1.165, 1.54) is 0 Å². The molecule has 0 aliphatic heterocycles. The van der Waals surface area contributed by atoms with Crippen molar-refractivity contribution in [2.45, 2.75) is 46.7 Å². The molecule has 0 spiro atoms. The minimum Gasteiger partial charge on any atom is -0.481 e. The summed E-state index contributed by atoms with van der Waals surface area (Å²) in [5.41, 5.74) is -1.49. The lowest BCUT2D eigenvalue weighted by Crippen LogP contribution is -2.54. The molecule has 1 heterocycles. The van der Waals surface area contributed by atoms with E-state index in [1.807, 2.05) is 13.8 Å². The van der Waals surface area contributed by atoms with Crippen molar-refractivity contribution in [3.63, 3.8) is 0 Å². The van der Waals surface area contributed by atoms with Gasteiger partial charge in [0.2, 0.25) is 5.89 Å². The topological polar surface area (TPSA) is 88.2 Å².